The van der Waals surface area contributed by atoms with Crippen LogP contribution in [0.2, 0.25) is 5.02 Å². The third-order valence-corrected chi connectivity index (χ3v) is 3.60. The quantitative estimate of drug-likeness (QED) is 0.798. The van der Waals surface area contributed by atoms with E-state index in [4.69, 9.17) is 16.7 Å². The fourth-order valence-electron chi connectivity index (χ4n) is 1.47. The lowest BCUT2D eigenvalue weighted by Gasteiger charge is -2.20. The lowest BCUT2D eigenvalue weighted by atomic mass is 10.2. The summed E-state index contributed by atoms with van der Waals surface area (Å²) >= 11 is 7.93. The zero-order valence-corrected chi connectivity index (χ0v) is 12.7. The first-order chi connectivity index (χ1) is 8.45. The molecule has 0 fully saturated rings. The van der Waals surface area contributed by atoms with Gasteiger partial charge in [-0.1, -0.05) is 11.6 Å². The van der Waals surface area contributed by atoms with Crippen molar-refractivity contribution >= 4 is 46.1 Å². The van der Waals surface area contributed by atoms with Crippen LogP contribution >= 0.6 is 34.2 Å². The number of aliphatic carboxylic acids is 1. The molecule has 0 bridgehead atoms. The Morgan fingerprint density at radius 2 is 2.11 bits per heavy atom. The van der Waals surface area contributed by atoms with Crippen molar-refractivity contribution in [2.45, 2.75) is 13.3 Å². The molecule has 0 aliphatic heterocycles. The number of nitrogens with zero attached hydrogens (tertiary/aromatic N) is 1. The first-order valence-corrected chi connectivity index (χ1v) is 6.87. The Kier molecular flexibility index (Phi) is 5.87. The highest BCUT2D eigenvalue weighted by atomic mass is 127. The predicted octanol–water partition coefficient (Wildman–Crippen LogP) is 2.88. The summed E-state index contributed by atoms with van der Waals surface area (Å²) in [6, 6.07) is 5.09. The monoisotopic (exact) mass is 381 g/mol. The highest BCUT2D eigenvalue weighted by Gasteiger charge is 2.17. The number of halogens is 2. The van der Waals surface area contributed by atoms with Gasteiger partial charge in [-0.05, 0) is 47.7 Å². The number of benzene rings is 1. The summed E-state index contributed by atoms with van der Waals surface area (Å²) in [5, 5.41) is 9.14. The van der Waals surface area contributed by atoms with Crippen molar-refractivity contribution in [3.05, 3.63) is 32.4 Å². The number of carboxylic acids is 1. The van der Waals surface area contributed by atoms with E-state index in [9.17, 15) is 9.59 Å². The van der Waals surface area contributed by atoms with E-state index in [-0.39, 0.29) is 18.9 Å². The number of amides is 1. The lowest BCUT2D eigenvalue weighted by Crippen LogP contribution is -2.33. The fraction of sp³-hybridized carbons (Fsp3) is 0.333. The molecule has 0 aliphatic carbocycles. The summed E-state index contributed by atoms with van der Waals surface area (Å²) in [6.45, 7) is 2.49. The van der Waals surface area contributed by atoms with Crippen molar-refractivity contribution in [3.8, 4) is 0 Å². The Morgan fingerprint density at radius 3 is 2.67 bits per heavy atom. The molecule has 0 saturated heterocycles. The van der Waals surface area contributed by atoms with Crippen molar-refractivity contribution in [2.75, 3.05) is 13.1 Å². The lowest BCUT2D eigenvalue weighted by molar-refractivity contribution is -0.137. The molecule has 1 aromatic rings. The van der Waals surface area contributed by atoms with Crippen molar-refractivity contribution in [2.24, 2.45) is 0 Å². The van der Waals surface area contributed by atoms with Crippen LogP contribution in [0.4, 0.5) is 0 Å². The van der Waals surface area contributed by atoms with Crippen molar-refractivity contribution in [3.63, 3.8) is 0 Å². The molecular weight excluding hydrogens is 368 g/mol. The summed E-state index contributed by atoms with van der Waals surface area (Å²) in [5.74, 6) is -1.10. The van der Waals surface area contributed by atoms with Gasteiger partial charge < -0.3 is 10.0 Å². The number of carbonyl (C=O) groups is 2. The molecule has 6 heteroatoms. The highest BCUT2D eigenvalue weighted by molar-refractivity contribution is 14.1. The third kappa shape index (κ3) is 4.13. The molecule has 1 amide bonds. The molecular formula is C12H13ClINO3. The summed E-state index contributed by atoms with van der Waals surface area (Å²) < 4.78 is 0.802. The Labute approximate surface area is 124 Å². The van der Waals surface area contributed by atoms with Crippen molar-refractivity contribution < 1.29 is 14.7 Å². The second-order valence-electron chi connectivity index (χ2n) is 3.65. The van der Waals surface area contributed by atoms with Gasteiger partial charge in [0.2, 0.25) is 0 Å². The minimum absolute atomic E-state index is 0.0588. The minimum Gasteiger partial charge on any atom is -0.481 e. The van der Waals surface area contributed by atoms with Gasteiger partial charge in [-0.2, -0.15) is 0 Å². The van der Waals surface area contributed by atoms with Crippen molar-refractivity contribution in [1.82, 2.24) is 4.90 Å². The molecule has 0 unspecified atom stereocenters. The molecule has 0 spiro atoms. The standard InChI is InChI=1S/C12H13ClINO3/c1-2-15(6-5-11(16)17)12(18)9-7-8(13)3-4-10(9)14/h3-4,7H,2,5-6H2,1H3,(H,16,17). The predicted molar refractivity (Wildman–Crippen MR) is 78.0 cm³/mol. The van der Waals surface area contributed by atoms with E-state index in [1.54, 1.807) is 18.2 Å². The zero-order valence-electron chi connectivity index (χ0n) is 9.82. The van der Waals surface area contributed by atoms with E-state index in [1.165, 1.54) is 4.90 Å². The Hall–Kier alpha value is -0.820. The second kappa shape index (κ2) is 6.94. The van der Waals surface area contributed by atoms with Crippen LogP contribution in [-0.2, 0) is 4.79 Å². The Morgan fingerprint density at radius 1 is 1.44 bits per heavy atom. The molecule has 0 heterocycles. The SMILES string of the molecule is CCN(CCC(=O)O)C(=O)c1cc(Cl)ccc1I. The molecule has 4 nitrogen and oxygen atoms in total. The molecule has 0 atom stereocenters. The first-order valence-electron chi connectivity index (χ1n) is 5.41. The van der Waals surface area contributed by atoms with E-state index >= 15 is 0 Å². The molecule has 1 N–H and O–H groups in total. The zero-order chi connectivity index (χ0) is 13.7. The minimum atomic E-state index is -0.915. The Balaban J connectivity index is 2.89. The molecule has 18 heavy (non-hydrogen) atoms. The van der Waals surface area contributed by atoms with Gasteiger partial charge in [-0.25, -0.2) is 0 Å². The van der Waals surface area contributed by atoms with Crippen LogP contribution in [0.3, 0.4) is 0 Å². The maximum absolute atomic E-state index is 12.2. The van der Waals surface area contributed by atoms with Crippen LogP contribution in [0.15, 0.2) is 18.2 Å². The van der Waals surface area contributed by atoms with E-state index in [1.807, 2.05) is 6.92 Å². The fourth-order valence-corrected chi connectivity index (χ4v) is 2.20. The summed E-state index contributed by atoms with van der Waals surface area (Å²) in [6.07, 6.45) is -0.0588. The van der Waals surface area contributed by atoms with Gasteiger partial charge in [0.05, 0.1) is 12.0 Å². The number of hydrogen-bond acceptors (Lipinski definition) is 2. The second-order valence-corrected chi connectivity index (χ2v) is 5.25. The van der Waals surface area contributed by atoms with Crippen LogP contribution in [-0.4, -0.2) is 35.0 Å². The normalized spacial score (nSPS) is 10.2. The van der Waals surface area contributed by atoms with Crippen LogP contribution in [0, 0.1) is 3.57 Å². The molecule has 0 aliphatic rings. The molecule has 98 valence electrons. The maximum atomic E-state index is 12.2. The molecule has 1 rings (SSSR count). The summed E-state index contributed by atoms with van der Waals surface area (Å²) in [5.41, 5.74) is 0.510. The third-order valence-electron chi connectivity index (χ3n) is 2.42. The first kappa shape index (κ1) is 15.2. The van der Waals surface area contributed by atoms with Crippen LogP contribution in [0.25, 0.3) is 0 Å². The van der Waals surface area contributed by atoms with Gasteiger partial charge in [0, 0.05) is 21.7 Å². The summed E-state index contributed by atoms with van der Waals surface area (Å²) in [4.78, 5) is 24.3. The average molecular weight is 382 g/mol. The largest absolute Gasteiger partial charge is 0.481 e. The maximum Gasteiger partial charge on any atom is 0.305 e. The Bertz CT molecular complexity index is 465. The molecule has 1 aromatic carbocycles. The van der Waals surface area contributed by atoms with Crippen LogP contribution < -0.4 is 0 Å². The van der Waals surface area contributed by atoms with Gasteiger partial charge in [0.1, 0.15) is 0 Å². The van der Waals surface area contributed by atoms with E-state index in [0.29, 0.717) is 17.1 Å². The van der Waals surface area contributed by atoms with Crippen LogP contribution in [0.1, 0.15) is 23.7 Å². The molecule has 0 aromatic heterocycles. The number of carboxylic acid groups (broad SMARTS) is 1. The van der Waals surface area contributed by atoms with E-state index in [2.05, 4.69) is 22.6 Å². The van der Waals surface area contributed by atoms with E-state index in [0.717, 1.165) is 3.57 Å². The average Bonchev–Trinajstić information content (AvgIpc) is 2.32. The molecule has 0 saturated carbocycles. The van der Waals surface area contributed by atoms with Crippen molar-refractivity contribution in [1.29, 1.82) is 0 Å². The van der Waals surface area contributed by atoms with Gasteiger partial charge >= 0.3 is 5.97 Å². The van der Waals surface area contributed by atoms with Gasteiger partial charge in [0.15, 0.2) is 0 Å². The smallest absolute Gasteiger partial charge is 0.305 e. The van der Waals surface area contributed by atoms with Gasteiger partial charge in [0.25, 0.3) is 5.91 Å². The van der Waals surface area contributed by atoms with Crippen LogP contribution in [0.5, 0.6) is 0 Å². The van der Waals surface area contributed by atoms with Gasteiger partial charge in [-0.3, -0.25) is 9.59 Å². The molecule has 0 radical (unpaired) electrons. The number of hydrogen-bond donors (Lipinski definition) is 1. The number of carbonyl (C=O) groups excluding carboxylic acids is 1. The topological polar surface area (TPSA) is 57.6 Å². The number of rotatable bonds is 5. The highest BCUT2D eigenvalue weighted by Crippen LogP contribution is 2.19. The van der Waals surface area contributed by atoms with E-state index < -0.39 is 5.97 Å². The summed E-state index contributed by atoms with van der Waals surface area (Å²) in [7, 11) is 0. The van der Waals surface area contributed by atoms with Gasteiger partial charge in [-0.15, -0.1) is 0 Å².